The largest absolute Gasteiger partial charge is 0.469 e. The Hall–Kier alpha value is -1.18. The summed E-state index contributed by atoms with van der Waals surface area (Å²) in [5, 5.41) is 32.9. The highest BCUT2D eigenvalue weighted by atomic mass is 16.5. The Kier molecular flexibility index (Phi) is 23.7. The van der Waals surface area contributed by atoms with Gasteiger partial charge in [-0.15, -0.1) is 0 Å². The van der Waals surface area contributed by atoms with E-state index in [4.69, 9.17) is 0 Å². The molecule has 0 radical (unpaired) electrons. The van der Waals surface area contributed by atoms with Crippen molar-refractivity contribution in [3.63, 3.8) is 0 Å². The van der Waals surface area contributed by atoms with Crippen molar-refractivity contribution >= 4 is 11.9 Å². The number of hydrogen-bond acceptors (Lipinski definition) is 6. The molecule has 0 aliphatic rings. The van der Waals surface area contributed by atoms with E-state index in [0.717, 1.165) is 44.9 Å². The number of ether oxygens (including phenoxy) is 1. The lowest BCUT2D eigenvalue weighted by Gasteiger charge is -2.26. The molecule has 0 saturated heterocycles. The standard InChI is InChI=1S/C28H55NO6/c1-3-4-5-6-7-8-9-10-11-12-14-17-20-25(31)28(34)24(23-30)29-26(32)21-18-15-13-16-19-22-27(33)35-2/h24-25,28,30-31,34H,3-23H2,1-2H3,(H,29,32). The molecule has 35 heavy (non-hydrogen) atoms. The van der Waals surface area contributed by atoms with E-state index in [-0.39, 0.29) is 11.9 Å². The lowest BCUT2D eigenvalue weighted by atomic mass is 9.99. The lowest BCUT2D eigenvalue weighted by Crippen LogP contribution is -2.50. The minimum Gasteiger partial charge on any atom is -0.469 e. The second-order valence-corrected chi connectivity index (χ2v) is 9.94. The predicted molar refractivity (Wildman–Crippen MR) is 141 cm³/mol. The van der Waals surface area contributed by atoms with Crippen molar-refractivity contribution in [1.82, 2.24) is 5.32 Å². The van der Waals surface area contributed by atoms with E-state index in [1.54, 1.807) is 0 Å². The van der Waals surface area contributed by atoms with E-state index in [9.17, 15) is 24.9 Å². The van der Waals surface area contributed by atoms with Gasteiger partial charge in [0.25, 0.3) is 0 Å². The smallest absolute Gasteiger partial charge is 0.305 e. The molecule has 3 unspecified atom stereocenters. The monoisotopic (exact) mass is 501 g/mol. The molecule has 0 aromatic heterocycles. The molecule has 7 heteroatoms. The average molecular weight is 502 g/mol. The number of methoxy groups -OCH3 is 1. The summed E-state index contributed by atoms with van der Waals surface area (Å²) in [6, 6.07) is -0.852. The van der Waals surface area contributed by atoms with Crippen LogP contribution in [0, 0.1) is 0 Å². The molecule has 208 valence electrons. The topological polar surface area (TPSA) is 116 Å². The number of aliphatic hydroxyl groups excluding tert-OH is 3. The second kappa shape index (κ2) is 24.5. The molecular weight excluding hydrogens is 446 g/mol. The zero-order chi connectivity index (χ0) is 26.2. The molecule has 0 aromatic rings. The quantitative estimate of drug-likeness (QED) is 0.101. The van der Waals surface area contributed by atoms with Crippen LogP contribution in [0.2, 0.25) is 0 Å². The van der Waals surface area contributed by atoms with Gasteiger partial charge in [-0.1, -0.05) is 103 Å². The molecule has 1 amide bonds. The average Bonchev–Trinajstić information content (AvgIpc) is 2.86. The fraction of sp³-hybridized carbons (Fsp3) is 0.929. The number of nitrogens with one attached hydrogen (secondary N) is 1. The predicted octanol–water partition coefficient (Wildman–Crippen LogP) is 5.18. The van der Waals surface area contributed by atoms with Gasteiger partial charge >= 0.3 is 5.97 Å². The second-order valence-electron chi connectivity index (χ2n) is 9.94. The summed E-state index contributed by atoms with van der Waals surface area (Å²) >= 11 is 0. The summed E-state index contributed by atoms with van der Waals surface area (Å²) in [5.74, 6) is -0.422. The highest BCUT2D eigenvalue weighted by Crippen LogP contribution is 2.15. The Balaban J connectivity index is 3.79. The first kappa shape index (κ1) is 33.8. The van der Waals surface area contributed by atoms with E-state index in [1.165, 1.54) is 64.9 Å². The summed E-state index contributed by atoms with van der Waals surface area (Å²) < 4.78 is 4.60. The molecule has 0 aliphatic carbocycles. The Bertz CT molecular complexity index is 502. The third kappa shape index (κ3) is 20.7. The van der Waals surface area contributed by atoms with Gasteiger partial charge in [0.2, 0.25) is 5.91 Å². The van der Waals surface area contributed by atoms with Crippen molar-refractivity contribution < 1.29 is 29.6 Å². The van der Waals surface area contributed by atoms with Crippen LogP contribution < -0.4 is 5.32 Å². The zero-order valence-electron chi connectivity index (χ0n) is 22.6. The molecule has 3 atom stereocenters. The van der Waals surface area contributed by atoms with E-state index < -0.39 is 24.9 Å². The molecule has 0 spiro atoms. The molecule has 0 rings (SSSR count). The van der Waals surface area contributed by atoms with Gasteiger partial charge in [0.1, 0.15) is 6.10 Å². The van der Waals surface area contributed by atoms with Crippen LogP contribution in [0.1, 0.15) is 135 Å². The molecular formula is C28H55NO6. The number of aliphatic hydroxyl groups is 3. The normalized spacial score (nSPS) is 13.9. The van der Waals surface area contributed by atoms with E-state index in [0.29, 0.717) is 25.7 Å². The number of hydrogen-bond donors (Lipinski definition) is 4. The molecule has 0 aromatic carbocycles. The molecule has 0 fully saturated rings. The number of carbonyl (C=O) groups excluding carboxylic acids is 2. The fourth-order valence-electron chi connectivity index (χ4n) is 4.34. The van der Waals surface area contributed by atoms with Crippen molar-refractivity contribution in [1.29, 1.82) is 0 Å². The van der Waals surface area contributed by atoms with Crippen LogP contribution in [0.15, 0.2) is 0 Å². The minimum absolute atomic E-state index is 0.195. The minimum atomic E-state index is -1.17. The SMILES string of the molecule is CCCCCCCCCCCCCCC(O)C(O)C(CO)NC(=O)CCCCCCCC(=O)OC. The van der Waals surface area contributed by atoms with E-state index in [2.05, 4.69) is 17.0 Å². The highest BCUT2D eigenvalue weighted by Gasteiger charge is 2.26. The Morgan fingerprint density at radius 2 is 1.17 bits per heavy atom. The van der Waals surface area contributed by atoms with Gasteiger partial charge in [-0.25, -0.2) is 0 Å². The first-order valence-electron chi connectivity index (χ1n) is 14.3. The zero-order valence-corrected chi connectivity index (χ0v) is 22.6. The fourth-order valence-corrected chi connectivity index (χ4v) is 4.34. The third-order valence-electron chi connectivity index (χ3n) is 6.72. The van der Waals surface area contributed by atoms with Gasteiger partial charge < -0.3 is 25.4 Å². The van der Waals surface area contributed by atoms with Crippen LogP contribution in [0.5, 0.6) is 0 Å². The number of esters is 1. The number of unbranched alkanes of at least 4 members (excludes halogenated alkanes) is 15. The first-order valence-corrected chi connectivity index (χ1v) is 14.3. The van der Waals surface area contributed by atoms with Crippen LogP contribution in [0.3, 0.4) is 0 Å². The van der Waals surface area contributed by atoms with Gasteiger partial charge in [-0.2, -0.15) is 0 Å². The summed E-state index contributed by atoms with van der Waals surface area (Å²) in [6.45, 7) is 1.84. The summed E-state index contributed by atoms with van der Waals surface area (Å²) in [6.07, 6.45) is 18.2. The maximum atomic E-state index is 12.2. The molecule has 4 N–H and O–H groups in total. The maximum Gasteiger partial charge on any atom is 0.305 e. The molecule has 0 aliphatic heterocycles. The molecule has 0 bridgehead atoms. The Labute approximate surface area is 214 Å². The molecule has 0 heterocycles. The number of rotatable bonds is 25. The van der Waals surface area contributed by atoms with Crippen molar-refractivity contribution in [3.05, 3.63) is 0 Å². The maximum absolute atomic E-state index is 12.2. The van der Waals surface area contributed by atoms with Crippen LogP contribution >= 0.6 is 0 Å². The van der Waals surface area contributed by atoms with Gasteiger partial charge in [0.15, 0.2) is 0 Å². The van der Waals surface area contributed by atoms with Crippen LogP contribution in [0.25, 0.3) is 0 Å². The Morgan fingerprint density at radius 3 is 1.66 bits per heavy atom. The first-order chi connectivity index (χ1) is 17.0. The van der Waals surface area contributed by atoms with Gasteiger partial charge in [0, 0.05) is 12.8 Å². The third-order valence-corrected chi connectivity index (χ3v) is 6.72. The van der Waals surface area contributed by atoms with Crippen molar-refractivity contribution in [2.45, 2.75) is 154 Å². The van der Waals surface area contributed by atoms with Crippen molar-refractivity contribution in [2.75, 3.05) is 13.7 Å². The van der Waals surface area contributed by atoms with Gasteiger partial charge in [-0.3, -0.25) is 9.59 Å². The number of amides is 1. The molecule has 7 nitrogen and oxygen atoms in total. The van der Waals surface area contributed by atoms with Gasteiger partial charge in [-0.05, 0) is 19.3 Å². The van der Waals surface area contributed by atoms with Gasteiger partial charge in [0.05, 0.1) is 25.9 Å². The van der Waals surface area contributed by atoms with Crippen LogP contribution in [-0.4, -0.2) is 59.2 Å². The Morgan fingerprint density at radius 1 is 0.714 bits per heavy atom. The van der Waals surface area contributed by atoms with Crippen molar-refractivity contribution in [3.8, 4) is 0 Å². The van der Waals surface area contributed by atoms with E-state index >= 15 is 0 Å². The highest BCUT2D eigenvalue weighted by molar-refractivity contribution is 5.76. The van der Waals surface area contributed by atoms with Crippen molar-refractivity contribution in [2.24, 2.45) is 0 Å². The summed E-state index contributed by atoms with van der Waals surface area (Å²) in [7, 11) is 1.38. The number of carbonyl (C=O) groups is 2. The lowest BCUT2D eigenvalue weighted by molar-refractivity contribution is -0.140. The van der Waals surface area contributed by atoms with Crippen LogP contribution in [0.4, 0.5) is 0 Å². The summed E-state index contributed by atoms with van der Waals surface area (Å²) in [4.78, 5) is 23.2. The molecule has 0 saturated carbocycles. The summed E-state index contributed by atoms with van der Waals surface area (Å²) in [5.41, 5.74) is 0. The van der Waals surface area contributed by atoms with Crippen LogP contribution in [-0.2, 0) is 14.3 Å². The van der Waals surface area contributed by atoms with E-state index in [1.807, 2.05) is 0 Å².